The van der Waals surface area contributed by atoms with Gasteiger partial charge < -0.3 is 50.2 Å². The number of hydrogen-bond acceptors (Lipinski definition) is 12. The minimum Gasteiger partial charge on any atom is -0.453 e. The molecule has 3 heterocycles. The van der Waals surface area contributed by atoms with Crippen molar-refractivity contribution >= 4 is 47.6 Å². The van der Waals surface area contributed by atoms with E-state index in [4.69, 9.17) is 19.2 Å². The van der Waals surface area contributed by atoms with Crippen molar-refractivity contribution in [2.45, 2.75) is 124 Å². The topological polar surface area (TPSA) is 217 Å². The summed E-state index contributed by atoms with van der Waals surface area (Å²) in [5.74, 6) is -0.230. The number of methoxy groups -OCH3 is 2. The first-order chi connectivity index (χ1) is 30.7. The van der Waals surface area contributed by atoms with Crippen molar-refractivity contribution in [2.24, 2.45) is 45.9 Å². The van der Waals surface area contributed by atoms with Crippen molar-refractivity contribution < 1.29 is 47.8 Å². The summed E-state index contributed by atoms with van der Waals surface area (Å²) in [7, 11) is 2.50. The summed E-state index contributed by atoms with van der Waals surface area (Å²) in [6.07, 6.45) is 11.4. The van der Waals surface area contributed by atoms with E-state index in [1.807, 2.05) is 26.8 Å². The lowest BCUT2D eigenvalue weighted by Crippen LogP contribution is -2.61. The highest BCUT2D eigenvalue weighted by Gasteiger charge is 2.57. The first kappa shape index (κ1) is 50.8. The second kappa shape index (κ2) is 21.9. The number of alkyl carbamates (subject to hydrolysis) is 2. The highest BCUT2D eigenvalue weighted by atomic mass is 16.6. The van der Waals surface area contributed by atoms with Crippen molar-refractivity contribution in [1.29, 1.82) is 0 Å². The number of rotatable bonds is 16. The molecule has 2 saturated heterocycles. The molecule has 0 bridgehead atoms. The molecule has 1 spiro atoms. The molecule has 0 radical (unpaired) electrons. The highest BCUT2D eigenvalue weighted by Crippen LogP contribution is 2.44. The van der Waals surface area contributed by atoms with Gasteiger partial charge in [-0.15, -0.1) is 0 Å². The third-order valence-corrected chi connectivity index (χ3v) is 13.3. The predicted octanol–water partition coefficient (Wildman–Crippen LogP) is 4.04. The van der Waals surface area contributed by atoms with Crippen LogP contribution in [-0.4, -0.2) is 152 Å². The van der Waals surface area contributed by atoms with E-state index < -0.39 is 59.2 Å². The minimum atomic E-state index is -0.948. The van der Waals surface area contributed by atoms with Crippen LogP contribution in [0, 0.1) is 40.9 Å². The van der Waals surface area contributed by atoms with Gasteiger partial charge in [-0.3, -0.25) is 24.2 Å². The number of likely N-dealkylation sites (tertiary alicyclic amines) is 2. The number of nitrogens with zero attached hydrogens (tertiary/aromatic N) is 4. The molecule has 1 unspecified atom stereocenters. The zero-order chi connectivity index (χ0) is 47.8. The molecule has 3 aliphatic heterocycles. The molecule has 362 valence electrons. The van der Waals surface area contributed by atoms with Gasteiger partial charge in [0.15, 0.2) is 5.78 Å². The van der Waals surface area contributed by atoms with Gasteiger partial charge in [0.25, 0.3) is 0 Å². The maximum atomic E-state index is 14.0. The normalized spacial score (nSPS) is 25.5. The minimum absolute atomic E-state index is 0.105. The number of ketones is 1. The van der Waals surface area contributed by atoms with E-state index in [2.05, 4.69) is 39.5 Å². The van der Waals surface area contributed by atoms with Crippen LogP contribution >= 0.6 is 0 Å². The van der Waals surface area contributed by atoms with Crippen LogP contribution in [0.2, 0.25) is 0 Å². The number of amides is 6. The average Bonchev–Trinajstić information content (AvgIpc) is 3.90. The number of carbonyl (C=O) groups excluding carboxylic acids is 7. The van der Waals surface area contributed by atoms with E-state index in [0.29, 0.717) is 57.4 Å². The van der Waals surface area contributed by atoms with Gasteiger partial charge in [-0.2, -0.15) is 0 Å². The number of allylic oxidation sites excluding steroid dienone is 3. The molecule has 2 aliphatic carbocycles. The molecule has 0 aromatic carbocycles. The molecule has 0 aromatic heterocycles. The van der Waals surface area contributed by atoms with Crippen LogP contribution < -0.4 is 21.3 Å². The second-order valence-corrected chi connectivity index (χ2v) is 20.2. The van der Waals surface area contributed by atoms with Gasteiger partial charge in [0.05, 0.1) is 39.9 Å². The van der Waals surface area contributed by atoms with E-state index in [-0.39, 0.29) is 54.5 Å². The largest absolute Gasteiger partial charge is 0.453 e. The molecule has 8 atom stereocenters. The van der Waals surface area contributed by atoms with Gasteiger partial charge in [-0.1, -0.05) is 58.9 Å². The molecule has 18 nitrogen and oxygen atoms in total. The molecule has 18 heteroatoms. The van der Waals surface area contributed by atoms with Crippen LogP contribution in [0.3, 0.4) is 0 Å². The Morgan fingerprint density at radius 2 is 1.43 bits per heavy atom. The number of amidine groups is 1. The van der Waals surface area contributed by atoms with Gasteiger partial charge in [-0.25, -0.2) is 14.4 Å². The fourth-order valence-corrected chi connectivity index (χ4v) is 9.76. The summed E-state index contributed by atoms with van der Waals surface area (Å²) in [6.45, 7) is 16.9. The van der Waals surface area contributed by atoms with Gasteiger partial charge in [0, 0.05) is 37.5 Å². The van der Waals surface area contributed by atoms with Crippen LogP contribution in [-0.2, 0) is 33.4 Å². The molecule has 2 fully saturated rings. The average molecular weight is 911 g/mol. The fourth-order valence-electron chi connectivity index (χ4n) is 9.76. The van der Waals surface area contributed by atoms with Crippen molar-refractivity contribution in [3.05, 3.63) is 24.3 Å². The smallest absolute Gasteiger partial charge is 0.410 e. The summed E-state index contributed by atoms with van der Waals surface area (Å²) in [6, 6.07) is -2.42. The number of nitrogens with one attached hydrogen (secondary N) is 4. The van der Waals surface area contributed by atoms with E-state index >= 15 is 0 Å². The number of Topliss-reactive ketones (excluding diaryl/α,β-unsaturated/α-hetero) is 1. The van der Waals surface area contributed by atoms with E-state index in [1.165, 1.54) is 19.1 Å². The Labute approximate surface area is 384 Å². The van der Waals surface area contributed by atoms with Gasteiger partial charge in [0.2, 0.25) is 17.7 Å². The summed E-state index contributed by atoms with van der Waals surface area (Å²) < 4.78 is 15.1. The number of aliphatic imine (C=N–C) groups is 1. The van der Waals surface area contributed by atoms with Crippen LogP contribution in [0.5, 0.6) is 0 Å². The third-order valence-electron chi connectivity index (χ3n) is 13.3. The summed E-state index contributed by atoms with van der Waals surface area (Å²) in [4.78, 5) is 101. The lowest BCUT2D eigenvalue weighted by molar-refractivity contribution is -0.141. The fraction of sp³-hybridized carbons (Fsp3) is 0.745. The Hall–Kier alpha value is -5.16. The van der Waals surface area contributed by atoms with E-state index in [0.717, 1.165) is 31.5 Å². The summed E-state index contributed by atoms with van der Waals surface area (Å²) >= 11 is 0. The number of carbonyl (C=O) groups is 7. The number of ether oxygens (including phenoxy) is 3. The predicted molar refractivity (Wildman–Crippen MR) is 244 cm³/mol. The zero-order valence-corrected chi connectivity index (χ0v) is 40.1. The summed E-state index contributed by atoms with van der Waals surface area (Å²) in [5.41, 5.74) is -1.21. The van der Waals surface area contributed by atoms with Crippen LogP contribution in [0.15, 0.2) is 29.3 Å². The Kier molecular flexibility index (Phi) is 17.1. The lowest BCUT2D eigenvalue weighted by atomic mass is 9.74. The maximum Gasteiger partial charge on any atom is 0.410 e. The van der Waals surface area contributed by atoms with Crippen LogP contribution in [0.4, 0.5) is 14.4 Å². The van der Waals surface area contributed by atoms with Crippen LogP contribution in [0.25, 0.3) is 0 Å². The molecular formula is C47H74N8O10. The molecule has 65 heavy (non-hydrogen) atoms. The monoisotopic (exact) mass is 911 g/mol. The summed E-state index contributed by atoms with van der Waals surface area (Å²) in [5, 5.41) is 11.7. The molecule has 0 aromatic rings. The molecule has 5 rings (SSSR count). The first-order valence-electron chi connectivity index (χ1n) is 23.4. The second-order valence-electron chi connectivity index (χ2n) is 20.2. The molecule has 5 aliphatic rings. The quantitative estimate of drug-likeness (QED) is 0.128. The lowest BCUT2D eigenvalue weighted by Gasteiger charge is -2.47. The molecule has 4 N–H and O–H groups in total. The molecular weight excluding hydrogens is 837 g/mol. The molecule has 0 saturated carbocycles. The van der Waals surface area contributed by atoms with E-state index in [9.17, 15) is 33.6 Å². The van der Waals surface area contributed by atoms with Crippen molar-refractivity contribution in [3.63, 3.8) is 0 Å². The standard InChI is InChI=1S/C47H74N8O10/c1-11-20-53(41(58)38(28(2)3)51-43(60)63-9)24-37-48-22-34(50-37)32-16-12-30(13-17-32)31-14-18-33(19-15-31)36(56)23-49-40(57)35-21-47(25-54(26-47)45(62)65-46(6,7)8)27-55(35)42(59)39(29(4)5)52-44(61)64-10/h12,14,16,18,28-35,38-39H,11,13,15,17,19-27H2,1-10H3,(H,48,50)(H,49,57)(H,51,60)(H,52,61)/t30-,31+,32+,33-,34-,35?,38+,39+/m1/s1. The third kappa shape index (κ3) is 13.0. The van der Waals surface area contributed by atoms with Crippen LogP contribution in [0.1, 0.15) is 93.9 Å². The zero-order valence-electron chi connectivity index (χ0n) is 40.1. The van der Waals surface area contributed by atoms with Gasteiger partial charge in [0.1, 0.15) is 29.6 Å². The van der Waals surface area contributed by atoms with Crippen molar-refractivity contribution in [2.75, 3.05) is 60.0 Å². The van der Waals surface area contributed by atoms with Gasteiger partial charge in [-0.05, 0) is 88.9 Å². The Balaban J connectivity index is 1.12. The SMILES string of the molecule is CCCN(CC1=NC[C@H]([C@H]2C=C[C@@H]([C@H]3C=C[C@@H](C(=O)CNC(=O)C4CC5(CN(C(=O)OC(C)(C)C)C5)CN4C(=O)[C@@H](NC(=O)OC)C(C)C)CC3)CC2)N1)C(=O)[C@@H](NC(=O)OC)C(C)C. The number of hydrogen-bond donors (Lipinski definition) is 4. The van der Waals surface area contributed by atoms with Crippen molar-refractivity contribution in [1.82, 2.24) is 36.0 Å². The highest BCUT2D eigenvalue weighted by molar-refractivity contribution is 5.95. The van der Waals surface area contributed by atoms with Crippen molar-refractivity contribution in [3.8, 4) is 0 Å². The van der Waals surface area contributed by atoms with E-state index in [1.54, 1.807) is 44.4 Å². The Bertz CT molecular complexity index is 1850. The first-order valence-corrected chi connectivity index (χ1v) is 23.4. The van der Waals surface area contributed by atoms with Gasteiger partial charge >= 0.3 is 18.3 Å². The molecule has 6 amide bonds. The Morgan fingerprint density at radius 3 is 1.97 bits per heavy atom. The Morgan fingerprint density at radius 1 is 0.846 bits per heavy atom. The maximum absolute atomic E-state index is 14.0.